The van der Waals surface area contributed by atoms with E-state index in [-0.39, 0.29) is 5.78 Å². The lowest BCUT2D eigenvalue weighted by Gasteiger charge is -2.26. The van der Waals surface area contributed by atoms with E-state index in [9.17, 15) is 24.6 Å². The van der Waals surface area contributed by atoms with Crippen LogP contribution in [0.5, 0.6) is 0 Å². The van der Waals surface area contributed by atoms with Crippen LogP contribution in [0, 0.1) is 0 Å². The Kier molecular flexibility index (Phi) is 7.93. The molecule has 2 rings (SSSR count). The van der Waals surface area contributed by atoms with Crippen LogP contribution in [-0.2, 0) is 25.2 Å². The number of carboxylic acid groups (broad SMARTS) is 2. The molecule has 0 amide bonds. The Labute approximate surface area is 177 Å². The number of carboxylic acids is 2. The molecule has 0 spiro atoms. The second-order valence-corrected chi connectivity index (χ2v) is 8.25. The van der Waals surface area contributed by atoms with Crippen LogP contribution in [0.15, 0.2) is 60.7 Å². The topological polar surface area (TPSA) is 91.7 Å². The van der Waals surface area contributed by atoms with Gasteiger partial charge in [0.15, 0.2) is 0 Å². The molecular weight excluding hydrogens is 380 g/mol. The fraction of sp³-hybridized carbons (Fsp3) is 0.400. The van der Waals surface area contributed by atoms with E-state index in [4.69, 9.17) is 0 Å². The fourth-order valence-electron chi connectivity index (χ4n) is 3.76. The molecule has 0 fully saturated rings. The highest BCUT2D eigenvalue weighted by Gasteiger charge is 2.35. The second kappa shape index (κ2) is 10.2. The first-order valence-electron chi connectivity index (χ1n) is 10.3. The Bertz CT molecular complexity index is 790. The lowest BCUT2D eigenvalue weighted by atomic mass is 9.77. The van der Waals surface area contributed by atoms with Gasteiger partial charge in [0.2, 0.25) is 0 Å². The SMILES string of the molecule is CC(CCCC(=O)CCCC(C)(C(=O)O)c1ccccc1)(C(=O)O)c1ccccc1. The van der Waals surface area contributed by atoms with Crippen LogP contribution < -0.4 is 0 Å². The second-order valence-electron chi connectivity index (χ2n) is 8.25. The third kappa shape index (κ3) is 5.56. The minimum atomic E-state index is -1.03. The monoisotopic (exact) mass is 410 g/mol. The van der Waals surface area contributed by atoms with Crippen LogP contribution >= 0.6 is 0 Å². The molecule has 0 aliphatic rings. The largest absolute Gasteiger partial charge is 0.481 e. The van der Waals surface area contributed by atoms with E-state index in [0.29, 0.717) is 38.5 Å². The number of aliphatic carboxylic acids is 2. The number of carbonyl (C=O) groups is 3. The van der Waals surface area contributed by atoms with Gasteiger partial charge in [-0.1, -0.05) is 60.7 Å². The van der Waals surface area contributed by atoms with E-state index in [0.717, 1.165) is 11.1 Å². The van der Waals surface area contributed by atoms with Crippen molar-refractivity contribution in [3.63, 3.8) is 0 Å². The number of Topliss-reactive ketones (excluding diaryl/α,β-unsaturated/α-hetero) is 1. The molecule has 2 aromatic rings. The molecule has 2 atom stereocenters. The smallest absolute Gasteiger partial charge is 0.313 e. The normalized spacial score (nSPS) is 15.0. The first kappa shape index (κ1) is 23.3. The molecule has 2 N–H and O–H groups in total. The average Bonchev–Trinajstić information content (AvgIpc) is 2.74. The summed E-state index contributed by atoms with van der Waals surface area (Å²) in [4.78, 5) is 36.0. The third-order valence-corrected chi connectivity index (χ3v) is 6.03. The summed E-state index contributed by atoms with van der Waals surface area (Å²) in [5.74, 6) is -1.76. The Morgan fingerprint density at radius 2 is 1.00 bits per heavy atom. The molecule has 0 radical (unpaired) electrons. The predicted molar refractivity (Wildman–Crippen MR) is 116 cm³/mol. The summed E-state index contributed by atoms with van der Waals surface area (Å²) >= 11 is 0. The number of carbonyl (C=O) groups excluding carboxylic acids is 1. The Balaban J connectivity index is 1.87. The van der Waals surface area contributed by atoms with Gasteiger partial charge in [0.05, 0.1) is 10.8 Å². The number of rotatable bonds is 12. The Morgan fingerprint density at radius 1 is 0.667 bits per heavy atom. The molecule has 0 aromatic heterocycles. The number of hydrogen-bond donors (Lipinski definition) is 2. The van der Waals surface area contributed by atoms with Gasteiger partial charge in [-0.05, 0) is 50.7 Å². The van der Waals surface area contributed by atoms with E-state index in [1.165, 1.54) is 0 Å². The van der Waals surface area contributed by atoms with Crippen molar-refractivity contribution in [1.82, 2.24) is 0 Å². The molecule has 30 heavy (non-hydrogen) atoms. The van der Waals surface area contributed by atoms with Crippen molar-refractivity contribution in [3.05, 3.63) is 71.8 Å². The summed E-state index contributed by atoms with van der Waals surface area (Å²) in [5.41, 5.74) is -0.608. The van der Waals surface area contributed by atoms with Crippen LogP contribution in [0.3, 0.4) is 0 Å². The van der Waals surface area contributed by atoms with Crippen LogP contribution in [0.4, 0.5) is 0 Å². The first-order valence-corrected chi connectivity index (χ1v) is 10.3. The quantitative estimate of drug-likeness (QED) is 0.515. The lowest BCUT2D eigenvalue weighted by molar-refractivity contribution is -0.144. The minimum absolute atomic E-state index is 0.0385. The molecule has 0 aliphatic heterocycles. The molecule has 2 aromatic carbocycles. The molecule has 0 saturated carbocycles. The molecule has 0 heterocycles. The van der Waals surface area contributed by atoms with E-state index in [2.05, 4.69) is 0 Å². The maximum atomic E-state index is 12.3. The van der Waals surface area contributed by atoms with Gasteiger partial charge in [0.1, 0.15) is 5.78 Å². The zero-order valence-corrected chi connectivity index (χ0v) is 17.6. The van der Waals surface area contributed by atoms with Gasteiger partial charge >= 0.3 is 11.9 Å². The van der Waals surface area contributed by atoms with Crippen molar-refractivity contribution in [2.24, 2.45) is 0 Å². The highest BCUT2D eigenvalue weighted by atomic mass is 16.4. The average molecular weight is 411 g/mol. The molecule has 5 nitrogen and oxygen atoms in total. The molecule has 5 heteroatoms. The van der Waals surface area contributed by atoms with Crippen molar-refractivity contribution in [2.45, 2.75) is 63.2 Å². The van der Waals surface area contributed by atoms with E-state index >= 15 is 0 Å². The molecule has 0 aliphatic carbocycles. The molecule has 2 unspecified atom stereocenters. The molecule has 0 saturated heterocycles. The van der Waals surface area contributed by atoms with Crippen LogP contribution in [0.1, 0.15) is 63.5 Å². The number of ketones is 1. The summed E-state index contributed by atoms with van der Waals surface area (Å²) in [7, 11) is 0. The summed E-state index contributed by atoms with van der Waals surface area (Å²) in [6.45, 7) is 3.38. The van der Waals surface area contributed by atoms with Crippen LogP contribution in [0.2, 0.25) is 0 Å². The van der Waals surface area contributed by atoms with Gasteiger partial charge in [-0.15, -0.1) is 0 Å². The highest BCUT2D eigenvalue weighted by Crippen LogP contribution is 2.32. The van der Waals surface area contributed by atoms with E-state index in [1.807, 2.05) is 36.4 Å². The third-order valence-electron chi connectivity index (χ3n) is 6.03. The highest BCUT2D eigenvalue weighted by molar-refractivity contribution is 5.82. The van der Waals surface area contributed by atoms with Gasteiger partial charge in [-0.3, -0.25) is 14.4 Å². The minimum Gasteiger partial charge on any atom is -0.481 e. The molecule has 0 bridgehead atoms. The standard InChI is InChI=1S/C25H30O5/c1-24(22(27)28,19-11-5-3-6-12-19)17-9-15-21(26)16-10-18-25(2,23(29)30)20-13-7-4-8-14-20/h3-8,11-14H,9-10,15-18H2,1-2H3,(H,27,28)(H,29,30). The fourth-order valence-corrected chi connectivity index (χ4v) is 3.76. The molecular formula is C25H30O5. The maximum Gasteiger partial charge on any atom is 0.313 e. The van der Waals surface area contributed by atoms with Gasteiger partial charge in [0, 0.05) is 12.8 Å². The van der Waals surface area contributed by atoms with Gasteiger partial charge < -0.3 is 10.2 Å². The molecule has 160 valence electrons. The maximum absolute atomic E-state index is 12.3. The van der Waals surface area contributed by atoms with Crippen molar-refractivity contribution >= 4 is 17.7 Å². The summed E-state index contributed by atoms with van der Waals surface area (Å²) in [6.07, 6.45) is 2.29. The van der Waals surface area contributed by atoms with Gasteiger partial charge in [-0.25, -0.2) is 0 Å². The van der Waals surface area contributed by atoms with Crippen molar-refractivity contribution in [3.8, 4) is 0 Å². The first-order chi connectivity index (χ1) is 14.2. The van der Waals surface area contributed by atoms with Crippen LogP contribution in [-0.4, -0.2) is 27.9 Å². The Morgan fingerprint density at radius 3 is 1.30 bits per heavy atom. The number of benzene rings is 2. The van der Waals surface area contributed by atoms with E-state index in [1.54, 1.807) is 38.1 Å². The van der Waals surface area contributed by atoms with Crippen LogP contribution in [0.25, 0.3) is 0 Å². The summed E-state index contributed by atoms with van der Waals surface area (Å²) < 4.78 is 0. The summed E-state index contributed by atoms with van der Waals surface area (Å²) in [5, 5.41) is 19.4. The predicted octanol–water partition coefficient (Wildman–Crippen LogP) is 4.98. The van der Waals surface area contributed by atoms with Crippen molar-refractivity contribution < 1.29 is 24.6 Å². The number of hydrogen-bond acceptors (Lipinski definition) is 3. The van der Waals surface area contributed by atoms with Crippen molar-refractivity contribution in [2.75, 3.05) is 0 Å². The van der Waals surface area contributed by atoms with Gasteiger partial charge in [0.25, 0.3) is 0 Å². The lowest BCUT2D eigenvalue weighted by Crippen LogP contribution is -2.32. The zero-order chi connectivity index (χ0) is 22.2. The van der Waals surface area contributed by atoms with Crippen molar-refractivity contribution in [1.29, 1.82) is 0 Å². The zero-order valence-electron chi connectivity index (χ0n) is 17.6. The van der Waals surface area contributed by atoms with E-state index < -0.39 is 22.8 Å². The van der Waals surface area contributed by atoms with Gasteiger partial charge in [-0.2, -0.15) is 0 Å². The Hall–Kier alpha value is -2.95. The summed E-state index contributed by atoms with van der Waals surface area (Å²) in [6, 6.07) is 18.1.